The van der Waals surface area contributed by atoms with E-state index in [0.29, 0.717) is 37.3 Å². The number of nitrogens with one attached hydrogen (secondary N) is 4. The number of aldehydes is 1. The van der Waals surface area contributed by atoms with Gasteiger partial charge in [-0.15, -0.1) is 0 Å². The van der Waals surface area contributed by atoms with E-state index in [2.05, 4.69) is 20.9 Å². The molecule has 2 fully saturated rings. The molecule has 3 amide bonds. The molecule has 1 aromatic heterocycles. The lowest BCUT2D eigenvalue weighted by Crippen LogP contribution is -2.51. The largest absolute Gasteiger partial charge is 0.356 e. The summed E-state index contributed by atoms with van der Waals surface area (Å²) in [6.07, 6.45) is 7.66. The van der Waals surface area contributed by atoms with Crippen molar-refractivity contribution in [1.82, 2.24) is 20.9 Å². The fraction of sp³-hybridized carbons (Fsp3) is 0.520. The zero-order chi connectivity index (χ0) is 23.2. The predicted molar refractivity (Wildman–Crippen MR) is 124 cm³/mol. The summed E-state index contributed by atoms with van der Waals surface area (Å²) in [5.74, 6) is -0.728. The number of hydrogen-bond acceptors (Lipinski definition) is 4. The lowest BCUT2D eigenvalue weighted by molar-refractivity contribution is -0.127. The molecule has 1 aliphatic heterocycles. The molecule has 0 unspecified atom stereocenters. The van der Waals surface area contributed by atoms with E-state index in [1.165, 1.54) is 6.42 Å². The molecular formula is C25H32N4O4. The van der Waals surface area contributed by atoms with Crippen LogP contribution in [0.5, 0.6) is 0 Å². The summed E-state index contributed by atoms with van der Waals surface area (Å²) in [4.78, 5) is 52.8. The zero-order valence-corrected chi connectivity index (χ0v) is 18.8. The molecule has 4 N–H and O–H groups in total. The van der Waals surface area contributed by atoms with Gasteiger partial charge in [0.1, 0.15) is 18.0 Å². The summed E-state index contributed by atoms with van der Waals surface area (Å²) in [5.41, 5.74) is 1.25. The Bertz CT molecular complexity index is 978. The Hall–Kier alpha value is -3.16. The van der Waals surface area contributed by atoms with E-state index in [0.717, 1.165) is 36.6 Å². The minimum Gasteiger partial charge on any atom is -0.356 e. The van der Waals surface area contributed by atoms with Gasteiger partial charge in [-0.25, -0.2) is 0 Å². The number of carbonyl (C=O) groups excluding carboxylic acids is 4. The fourth-order valence-corrected chi connectivity index (χ4v) is 5.03. The van der Waals surface area contributed by atoms with Crippen molar-refractivity contribution in [2.45, 2.75) is 63.5 Å². The summed E-state index contributed by atoms with van der Waals surface area (Å²) in [5, 5.41) is 9.35. The standard InChI is InChI=1S/C25H32N4O4/c30-15-19(13-18-10-11-26-23(18)31)27-24(32)21(12-16-6-2-1-3-7-16)29-25(33)22-14-17-8-4-5-9-20(17)28-22/h4-5,8-9,14-16,18-19,21,28H,1-3,6-7,10-13H2,(H,26,31)(H,27,32)(H,29,33)/t18-,19+,21+/m0/s1. The minimum atomic E-state index is -0.759. The van der Waals surface area contributed by atoms with Gasteiger partial charge in [0.15, 0.2) is 0 Å². The average molecular weight is 453 g/mol. The van der Waals surface area contributed by atoms with E-state index in [-0.39, 0.29) is 30.1 Å². The summed E-state index contributed by atoms with van der Waals surface area (Å²) in [7, 11) is 0. The fourth-order valence-electron chi connectivity index (χ4n) is 5.03. The van der Waals surface area contributed by atoms with Crippen molar-refractivity contribution >= 4 is 34.9 Å². The van der Waals surface area contributed by atoms with Gasteiger partial charge in [-0.3, -0.25) is 14.4 Å². The molecule has 33 heavy (non-hydrogen) atoms. The predicted octanol–water partition coefficient (Wildman–Crippen LogP) is 2.45. The average Bonchev–Trinajstić information content (AvgIpc) is 3.44. The summed E-state index contributed by atoms with van der Waals surface area (Å²) >= 11 is 0. The van der Waals surface area contributed by atoms with Crippen molar-refractivity contribution in [3.05, 3.63) is 36.0 Å². The quantitative estimate of drug-likeness (QED) is 0.437. The maximum atomic E-state index is 13.2. The first-order valence-corrected chi connectivity index (χ1v) is 12.0. The number of para-hydroxylation sites is 1. The molecule has 2 heterocycles. The van der Waals surface area contributed by atoms with Crippen molar-refractivity contribution in [2.75, 3.05) is 6.54 Å². The van der Waals surface area contributed by atoms with Crippen molar-refractivity contribution < 1.29 is 19.2 Å². The summed E-state index contributed by atoms with van der Waals surface area (Å²) < 4.78 is 0. The van der Waals surface area contributed by atoms with Gasteiger partial charge in [-0.05, 0) is 37.3 Å². The number of amides is 3. The Kier molecular flexibility index (Phi) is 7.42. The smallest absolute Gasteiger partial charge is 0.268 e. The molecular weight excluding hydrogens is 420 g/mol. The third-order valence-corrected chi connectivity index (χ3v) is 6.88. The van der Waals surface area contributed by atoms with Crippen LogP contribution in [-0.2, 0) is 14.4 Å². The molecule has 8 heteroatoms. The van der Waals surface area contributed by atoms with Crippen LogP contribution in [0.4, 0.5) is 0 Å². The summed E-state index contributed by atoms with van der Waals surface area (Å²) in [6.45, 7) is 0.591. The van der Waals surface area contributed by atoms with Crippen molar-refractivity contribution in [1.29, 1.82) is 0 Å². The van der Waals surface area contributed by atoms with E-state index in [1.54, 1.807) is 6.07 Å². The van der Waals surface area contributed by atoms with Crippen LogP contribution in [0, 0.1) is 11.8 Å². The molecule has 8 nitrogen and oxygen atoms in total. The molecule has 2 aromatic rings. The van der Waals surface area contributed by atoms with Crippen LogP contribution in [0.15, 0.2) is 30.3 Å². The molecule has 1 aromatic carbocycles. The minimum absolute atomic E-state index is 0.0815. The van der Waals surface area contributed by atoms with Crippen LogP contribution >= 0.6 is 0 Å². The van der Waals surface area contributed by atoms with Gasteiger partial charge in [0, 0.05) is 23.4 Å². The maximum Gasteiger partial charge on any atom is 0.268 e. The van der Waals surface area contributed by atoms with Gasteiger partial charge in [0.2, 0.25) is 11.8 Å². The Balaban J connectivity index is 1.45. The highest BCUT2D eigenvalue weighted by Gasteiger charge is 2.31. The van der Waals surface area contributed by atoms with Crippen molar-refractivity contribution in [3.63, 3.8) is 0 Å². The number of fused-ring (bicyclic) bond motifs is 1. The van der Waals surface area contributed by atoms with Crippen molar-refractivity contribution in [3.8, 4) is 0 Å². The van der Waals surface area contributed by atoms with Crippen LogP contribution in [0.1, 0.15) is 61.9 Å². The first kappa shape index (κ1) is 23.0. The number of H-pyrrole nitrogens is 1. The zero-order valence-electron chi connectivity index (χ0n) is 18.8. The first-order valence-electron chi connectivity index (χ1n) is 12.0. The Labute approximate surface area is 193 Å². The monoisotopic (exact) mass is 452 g/mol. The number of benzene rings is 1. The number of hydrogen-bond donors (Lipinski definition) is 4. The second-order valence-corrected chi connectivity index (χ2v) is 9.30. The van der Waals surface area contributed by atoms with Crippen molar-refractivity contribution in [2.24, 2.45) is 11.8 Å². The second-order valence-electron chi connectivity index (χ2n) is 9.30. The van der Waals surface area contributed by atoms with Gasteiger partial charge < -0.3 is 25.7 Å². The Morgan fingerprint density at radius 3 is 2.55 bits per heavy atom. The third kappa shape index (κ3) is 5.80. The van der Waals surface area contributed by atoms with Crippen LogP contribution < -0.4 is 16.0 Å². The third-order valence-electron chi connectivity index (χ3n) is 6.88. The first-order chi connectivity index (χ1) is 16.0. The molecule has 1 saturated heterocycles. The summed E-state index contributed by atoms with van der Waals surface area (Å²) in [6, 6.07) is 7.88. The molecule has 0 bridgehead atoms. The van der Waals surface area contributed by atoms with Gasteiger partial charge in [-0.2, -0.15) is 0 Å². The van der Waals surface area contributed by atoms with E-state index in [4.69, 9.17) is 0 Å². The molecule has 1 aliphatic carbocycles. The van der Waals surface area contributed by atoms with Gasteiger partial charge in [0.25, 0.3) is 5.91 Å². The maximum absolute atomic E-state index is 13.2. The number of rotatable bonds is 9. The highest BCUT2D eigenvalue weighted by Crippen LogP contribution is 2.28. The lowest BCUT2D eigenvalue weighted by Gasteiger charge is -2.27. The normalized spacial score (nSPS) is 20.7. The van der Waals surface area contributed by atoms with Gasteiger partial charge >= 0.3 is 0 Å². The molecule has 2 aliphatic rings. The van der Waals surface area contributed by atoms with Gasteiger partial charge in [-0.1, -0.05) is 50.3 Å². The second kappa shape index (κ2) is 10.6. The van der Waals surface area contributed by atoms with E-state index in [9.17, 15) is 19.2 Å². The SMILES string of the molecule is O=C[C@@H](C[C@@H]1CCNC1=O)NC(=O)[C@@H](CC1CCCCC1)NC(=O)c1cc2ccccc2[nH]1. The highest BCUT2D eigenvalue weighted by atomic mass is 16.2. The Morgan fingerprint density at radius 1 is 1.06 bits per heavy atom. The Morgan fingerprint density at radius 2 is 1.85 bits per heavy atom. The van der Waals surface area contributed by atoms with E-state index < -0.39 is 12.1 Å². The molecule has 1 saturated carbocycles. The molecule has 4 rings (SSSR count). The van der Waals surface area contributed by atoms with Crippen LogP contribution in [0.25, 0.3) is 10.9 Å². The molecule has 176 valence electrons. The highest BCUT2D eigenvalue weighted by molar-refractivity contribution is 6.00. The number of carbonyl (C=O) groups is 4. The van der Waals surface area contributed by atoms with E-state index in [1.807, 2.05) is 24.3 Å². The number of aromatic amines is 1. The van der Waals surface area contributed by atoms with Gasteiger partial charge in [0.05, 0.1) is 6.04 Å². The van der Waals surface area contributed by atoms with Crippen LogP contribution in [0.3, 0.4) is 0 Å². The molecule has 3 atom stereocenters. The lowest BCUT2D eigenvalue weighted by atomic mass is 9.84. The van der Waals surface area contributed by atoms with Crippen LogP contribution in [-0.4, -0.2) is 47.6 Å². The number of aromatic nitrogens is 1. The van der Waals surface area contributed by atoms with E-state index >= 15 is 0 Å². The molecule has 0 spiro atoms. The molecule has 0 radical (unpaired) electrons. The van der Waals surface area contributed by atoms with Crippen LogP contribution in [0.2, 0.25) is 0 Å². The topological polar surface area (TPSA) is 120 Å².